The molecule has 0 fully saturated rings. The highest BCUT2D eigenvalue weighted by atomic mass is 32.2. The number of thiophene rings is 1. The number of benzene rings is 1. The molecule has 114 valence electrons. The van der Waals surface area contributed by atoms with Crippen LogP contribution in [0.2, 0.25) is 0 Å². The van der Waals surface area contributed by atoms with Gasteiger partial charge in [0.2, 0.25) is 0 Å². The molecule has 0 amide bonds. The number of hydrogen-bond donors (Lipinski definition) is 1. The maximum Gasteiger partial charge on any atom is 0.175 e. The normalized spacial score (nSPS) is 13.2. The van der Waals surface area contributed by atoms with Crippen molar-refractivity contribution in [2.45, 2.75) is 30.7 Å². The second-order valence-electron chi connectivity index (χ2n) is 5.13. The van der Waals surface area contributed by atoms with Crippen molar-refractivity contribution >= 4 is 21.2 Å². The van der Waals surface area contributed by atoms with Gasteiger partial charge in [-0.05, 0) is 42.1 Å². The van der Waals surface area contributed by atoms with Gasteiger partial charge in [0.1, 0.15) is 0 Å². The summed E-state index contributed by atoms with van der Waals surface area (Å²) in [4.78, 5) is 1.68. The molecule has 21 heavy (non-hydrogen) atoms. The molecule has 2 rings (SSSR count). The van der Waals surface area contributed by atoms with Crippen LogP contribution >= 0.6 is 11.3 Å². The quantitative estimate of drug-likeness (QED) is 0.849. The van der Waals surface area contributed by atoms with Crippen LogP contribution in [0.1, 0.15) is 29.8 Å². The third-order valence-corrected chi connectivity index (χ3v) is 5.32. The second kappa shape index (κ2) is 7.20. The summed E-state index contributed by atoms with van der Waals surface area (Å²) < 4.78 is 23.4. The van der Waals surface area contributed by atoms with Gasteiger partial charge in [-0.25, -0.2) is 8.42 Å². The molecule has 0 radical (unpaired) electrons. The first-order valence-corrected chi connectivity index (χ1v) is 9.83. The predicted octanol–water partition coefficient (Wildman–Crippen LogP) is 3.44. The van der Waals surface area contributed by atoms with Gasteiger partial charge in [-0.1, -0.05) is 25.1 Å². The average molecular weight is 323 g/mol. The summed E-state index contributed by atoms with van der Waals surface area (Å²) in [6.07, 6.45) is 3.18. The van der Waals surface area contributed by atoms with E-state index in [-0.39, 0.29) is 6.04 Å². The van der Waals surface area contributed by atoms with Crippen molar-refractivity contribution in [2.75, 3.05) is 12.8 Å². The van der Waals surface area contributed by atoms with Crippen LogP contribution in [0.3, 0.4) is 0 Å². The minimum Gasteiger partial charge on any atom is -0.310 e. The van der Waals surface area contributed by atoms with E-state index in [0.717, 1.165) is 24.9 Å². The minimum atomic E-state index is -3.17. The van der Waals surface area contributed by atoms with Gasteiger partial charge in [0.05, 0.1) is 4.90 Å². The fourth-order valence-corrected chi connectivity index (χ4v) is 3.65. The molecular formula is C16H21NO2S2. The molecule has 1 heterocycles. The van der Waals surface area contributed by atoms with Gasteiger partial charge in [0, 0.05) is 23.6 Å². The Hall–Kier alpha value is -1.17. The molecule has 0 bridgehead atoms. The molecule has 5 heteroatoms. The Morgan fingerprint density at radius 1 is 1.24 bits per heavy atom. The third-order valence-electron chi connectivity index (χ3n) is 3.31. The Bertz CT molecular complexity index is 663. The zero-order valence-electron chi connectivity index (χ0n) is 12.4. The topological polar surface area (TPSA) is 46.2 Å². The van der Waals surface area contributed by atoms with Crippen LogP contribution in [0, 0.1) is 0 Å². The van der Waals surface area contributed by atoms with Crippen LogP contribution in [-0.2, 0) is 16.3 Å². The summed E-state index contributed by atoms with van der Waals surface area (Å²) in [5.41, 5.74) is 1.03. The van der Waals surface area contributed by atoms with Crippen LogP contribution < -0.4 is 5.32 Å². The molecule has 1 unspecified atom stereocenters. The van der Waals surface area contributed by atoms with Gasteiger partial charge in [-0.3, -0.25) is 0 Å². The van der Waals surface area contributed by atoms with Crippen LogP contribution in [0.5, 0.6) is 0 Å². The molecule has 3 nitrogen and oxygen atoms in total. The Balaban J connectivity index is 2.27. The van der Waals surface area contributed by atoms with Gasteiger partial charge < -0.3 is 5.32 Å². The standard InChI is InChI=1S/C16H21NO2S2/c1-3-9-17-16(12-14-7-5-10-20-14)13-6-4-8-15(11-13)21(2,18)19/h4-8,10-11,16-17H,3,9,12H2,1-2H3. The van der Waals surface area contributed by atoms with E-state index < -0.39 is 9.84 Å². The summed E-state index contributed by atoms with van der Waals surface area (Å²) in [5.74, 6) is 0. The Kier molecular flexibility index (Phi) is 5.56. The lowest BCUT2D eigenvalue weighted by atomic mass is 10.0. The molecule has 0 aliphatic heterocycles. The molecule has 1 aromatic carbocycles. The zero-order valence-corrected chi connectivity index (χ0v) is 14.0. The Morgan fingerprint density at radius 3 is 2.67 bits per heavy atom. The summed E-state index contributed by atoms with van der Waals surface area (Å²) in [6, 6.07) is 11.6. The van der Waals surface area contributed by atoms with E-state index in [9.17, 15) is 8.42 Å². The maximum atomic E-state index is 11.7. The van der Waals surface area contributed by atoms with Crippen LogP contribution in [0.25, 0.3) is 0 Å². The first-order valence-electron chi connectivity index (χ1n) is 7.06. The zero-order chi connectivity index (χ0) is 15.3. The van der Waals surface area contributed by atoms with Crippen LogP contribution in [0.4, 0.5) is 0 Å². The molecule has 0 aliphatic carbocycles. The lowest BCUT2D eigenvalue weighted by Crippen LogP contribution is -2.24. The molecule has 2 aromatic rings. The number of sulfone groups is 1. The van der Waals surface area contributed by atoms with E-state index in [2.05, 4.69) is 23.7 Å². The number of rotatable bonds is 7. The number of nitrogens with one attached hydrogen (secondary N) is 1. The molecule has 0 saturated heterocycles. The Morgan fingerprint density at radius 2 is 2.05 bits per heavy atom. The van der Waals surface area contributed by atoms with Gasteiger partial charge in [0.15, 0.2) is 9.84 Å². The summed E-state index contributed by atoms with van der Waals surface area (Å²) in [5, 5.41) is 5.58. The maximum absolute atomic E-state index is 11.7. The molecule has 0 aliphatic rings. The van der Waals surface area contributed by atoms with E-state index in [1.807, 2.05) is 18.2 Å². The SMILES string of the molecule is CCCNC(Cc1cccs1)c1cccc(S(C)(=O)=O)c1. The first-order chi connectivity index (χ1) is 10.0. The first kappa shape index (κ1) is 16.2. The molecule has 0 spiro atoms. The van der Waals surface area contributed by atoms with Gasteiger partial charge >= 0.3 is 0 Å². The van der Waals surface area contributed by atoms with Crippen molar-refractivity contribution in [3.63, 3.8) is 0 Å². The smallest absolute Gasteiger partial charge is 0.175 e. The summed E-state index contributed by atoms with van der Waals surface area (Å²) >= 11 is 1.73. The fourth-order valence-electron chi connectivity index (χ4n) is 2.22. The largest absolute Gasteiger partial charge is 0.310 e. The van der Waals surface area contributed by atoms with Crippen molar-refractivity contribution in [3.8, 4) is 0 Å². The lowest BCUT2D eigenvalue weighted by Gasteiger charge is -2.19. The lowest BCUT2D eigenvalue weighted by molar-refractivity contribution is 0.531. The van der Waals surface area contributed by atoms with E-state index >= 15 is 0 Å². The van der Waals surface area contributed by atoms with Crippen molar-refractivity contribution < 1.29 is 8.42 Å². The van der Waals surface area contributed by atoms with Crippen LogP contribution in [-0.4, -0.2) is 21.2 Å². The van der Waals surface area contributed by atoms with E-state index in [0.29, 0.717) is 4.90 Å². The Labute approximate surface area is 130 Å². The van der Waals surface area contributed by atoms with E-state index in [1.54, 1.807) is 23.5 Å². The second-order valence-corrected chi connectivity index (χ2v) is 8.18. The highest BCUT2D eigenvalue weighted by Crippen LogP contribution is 2.23. The highest BCUT2D eigenvalue weighted by Gasteiger charge is 2.15. The van der Waals surface area contributed by atoms with Crippen LogP contribution in [0.15, 0.2) is 46.7 Å². The van der Waals surface area contributed by atoms with Crippen molar-refractivity contribution in [2.24, 2.45) is 0 Å². The van der Waals surface area contributed by atoms with Gasteiger partial charge in [0.25, 0.3) is 0 Å². The van der Waals surface area contributed by atoms with Gasteiger partial charge in [-0.2, -0.15) is 0 Å². The third kappa shape index (κ3) is 4.66. The number of hydrogen-bond acceptors (Lipinski definition) is 4. The molecule has 1 N–H and O–H groups in total. The highest BCUT2D eigenvalue weighted by molar-refractivity contribution is 7.90. The van der Waals surface area contributed by atoms with Gasteiger partial charge in [-0.15, -0.1) is 11.3 Å². The average Bonchev–Trinajstić information content (AvgIpc) is 2.95. The molecule has 1 aromatic heterocycles. The van der Waals surface area contributed by atoms with Crippen molar-refractivity contribution in [3.05, 3.63) is 52.2 Å². The summed E-state index contributed by atoms with van der Waals surface area (Å²) in [7, 11) is -3.17. The molecule has 1 atom stereocenters. The minimum absolute atomic E-state index is 0.144. The molecule has 0 saturated carbocycles. The fraction of sp³-hybridized carbons (Fsp3) is 0.375. The summed E-state index contributed by atoms with van der Waals surface area (Å²) in [6.45, 7) is 3.04. The van der Waals surface area contributed by atoms with Crippen molar-refractivity contribution in [1.29, 1.82) is 0 Å². The molecular weight excluding hydrogens is 302 g/mol. The van der Waals surface area contributed by atoms with Crippen molar-refractivity contribution in [1.82, 2.24) is 5.32 Å². The monoisotopic (exact) mass is 323 g/mol. The van der Waals surface area contributed by atoms with E-state index in [1.165, 1.54) is 11.1 Å². The van der Waals surface area contributed by atoms with E-state index in [4.69, 9.17) is 0 Å². The predicted molar refractivity (Wildman–Crippen MR) is 88.6 cm³/mol.